The van der Waals surface area contributed by atoms with Crippen LogP contribution >= 0.6 is 0 Å². The van der Waals surface area contributed by atoms with Gasteiger partial charge in [-0.2, -0.15) is 0 Å². The molecule has 1 aliphatic rings. The molecule has 0 aliphatic heterocycles. The second-order valence-electron chi connectivity index (χ2n) is 17.6. The first-order valence-electron chi connectivity index (χ1n) is 22.2. The van der Waals surface area contributed by atoms with Gasteiger partial charge in [0.05, 0.1) is 22.9 Å². The summed E-state index contributed by atoms with van der Waals surface area (Å²) in [6.07, 6.45) is 1.92. The van der Waals surface area contributed by atoms with Crippen LogP contribution in [0, 0.1) is 0 Å². The van der Waals surface area contributed by atoms with Crippen molar-refractivity contribution in [3.05, 3.63) is 211 Å². The number of nitrogens with zero attached hydrogens (tertiary/aromatic N) is 5. The first kappa shape index (κ1) is 37.2. The predicted molar refractivity (Wildman–Crippen MR) is 268 cm³/mol. The third-order valence-corrected chi connectivity index (χ3v) is 13.5. The van der Waals surface area contributed by atoms with Gasteiger partial charge in [-0.25, -0.2) is 19.9 Å². The summed E-state index contributed by atoms with van der Waals surface area (Å²) in [5, 5.41) is 9.24. The first-order valence-corrected chi connectivity index (χ1v) is 22.2. The molecule has 0 spiro atoms. The second-order valence-corrected chi connectivity index (χ2v) is 17.6. The van der Waals surface area contributed by atoms with Crippen LogP contribution in [0.2, 0.25) is 0 Å². The molecule has 0 bridgehead atoms. The molecule has 1 aliphatic carbocycles. The highest BCUT2D eigenvalue weighted by atomic mass is 15.0. The van der Waals surface area contributed by atoms with E-state index in [9.17, 15) is 0 Å². The van der Waals surface area contributed by atoms with Gasteiger partial charge in [0.15, 0.2) is 17.5 Å². The minimum Gasteiger partial charge on any atom is -0.252 e. The van der Waals surface area contributed by atoms with E-state index in [2.05, 4.69) is 190 Å². The minimum absolute atomic E-state index is 0.112. The first-order chi connectivity index (χ1) is 32.0. The Morgan fingerprint density at radius 2 is 0.862 bits per heavy atom. The maximum atomic E-state index is 5.48. The molecule has 5 nitrogen and oxygen atoms in total. The molecule has 0 saturated heterocycles. The average Bonchev–Trinajstić information content (AvgIpc) is 3.61. The van der Waals surface area contributed by atoms with E-state index < -0.39 is 0 Å². The molecule has 0 N–H and O–H groups in total. The molecule has 0 amide bonds. The summed E-state index contributed by atoms with van der Waals surface area (Å²) in [6, 6.07) is 68.9. The number of benzene rings is 10. The summed E-state index contributed by atoms with van der Waals surface area (Å²) in [4.78, 5) is 26.5. The lowest BCUT2D eigenvalue weighted by molar-refractivity contribution is 0.660. The Bertz CT molecular complexity index is 3890. The Kier molecular flexibility index (Phi) is 8.18. The number of rotatable bonds is 5. The van der Waals surface area contributed by atoms with Crippen molar-refractivity contribution < 1.29 is 0 Å². The molecule has 65 heavy (non-hydrogen) atoms. The van der Waals surface area contributed by atoms with Crippen LogP contribution in [0.15, 0.2) is 200 Å². The van der Waals surface area contributed by atoms with Gasteiger partial charge in [-0.05, 0) is 96.0 Å². The molecule has 5 heteroatoms. The normalized spacial score (nSPS) is 12.9. The van der Waals surface area contributed by atoms with Crippen molar-refractivity contribution in [3.63, 3.8) is 0 Å². The molecular formula is C60H39N5. The van der Waals surface area contributed by atoms with E-state index >= 15 is 0 Å². The third kappa shape index (κ3) is 5.89. The molecule has 0 unspecified atom stereocenters. The lowest BCUT2D eigenvalue weighted by atomic mass is 9.82. The van der Waals surface area contributed by atoms with E-state index in [1.165, 1.54) is 49.2 Å². The smallest absolute Gasteiger partial charge is 0.164 e. The maximum Gasteiger partial charge on any atom is 0.164 e. The van der Waals surface area contributed by atoms with E-state index in [1.54, 1.807) is 0 Å². The topological polar surface area (TPSA) is 64.5 Å². The number of hydrogen-bond donors (Lipinski definition) is 0. The van der Waals surface area contributed by atoms with Gasteiger partial charge in [0, 0.05) is 38.4 Å². The summed E-state index contributed by atoms with van der Waals surface area (Å²) in [7, 11) is 0. The lowest BCUT2D eigenvalue weighted by Gasteiger charge is -2.21. The highest BCUT2D eigenvalue weighted by Gasteiger charge is 2.35. The van der Waals surface area contributed by atoms with Gasteiger partial charge in [-0.1, -0.05) is 178 Å². The molecule has 0 atom stereocenters. The fourth-order valence-electron chi connectivity index (χ4n) is 10.3. The van der Waals surface area contributed by atoms with E-state index in [0.29, 0.717) is 17.5 Å². The van der Waals surface area contributed by atoms with Gasteiger partial charge in [-0.3, -0.25) is 4.98 Å². The molecule has 304 valence electrons. The van der Waals surface area contributed by atoms with Gasteiger partial charge in [0.2, 0.25) is 0 Å². The summed E-state index contributed by atoms with van der Waals surface area (Å²) in [6.45, 7) is 4.61. The van der Waals surface area contributed by atoms with Gasteiger partial charge in [-0.15, -0.1) is 0 Å². The number of aromatic nitrogens is 5. The van der Waals surface area contributed by atoms with Crippen molar-refractivity contribution >= 4 is 54.1 Å². The van der Waals surface area contributed by atoms with Crippen LogP contribution in [0.5, 0.6) is 0 Å². The van der Waals surface area contributed by atoms with Crippen LogP contribution in [-0.2, 0) is 5.41 Å². The highest BCUT2D eigenvalue weighted by molar-refractivity contribution is 6.23. The predicted octanol–water partition coefficient (Wildman–Crippen LogP) is 15.1. The molecule has 2 heterocycles. The monoisotopic (exact) mass is 829 g/mol. The average molecular weight is 830 g/mol. The van der Waals surface area contributed by atoms with Crippen LogP contribution in [0.4, 0.5) is 0 Å². The third-order valence-electron chi connectivity index (χ3n) is 13.5. The van der Waals surface area contributed by atoms with Crippen molar-refractivity contribution in [2.45, 2.75) is 19.3 Å². The van der Waals surface area contributed by atoms with E-state index in [1.807, 2.05) is 24.4 Å². The van der Waals surface area contributed by atoms with E-state index in [4.69, 9.17) is 24.9 Å². The Morgan fingerprint density at radius 1 is 0.323 bits per heavy atom. The Balaban J connectivity index is 1.07. The zero-order valence-corrected chi connectivity index (χ0v) is 35.8. The van der Waals surface area contributed by atoms with Gasteiger partial charge < -0.3 is 0 Å². The van der Waals surface area contributed by atoms with E-state index in [-0.39, 0.29) is 5.41 Å². The largest absolute Gasteiger partial charge is 0.252 e. The van der Waals surface area contributed by atoms with Gasteiger partial charge in [0.25, 0.3) is 0 Å². The molecule has 2 aromatic heterocycles. The molecule has 0 saturated carbocycles. The summed E-state index contributed by atoms with van der Waals surface area (Å²) < 4.78 is 0. The molecule has 10 aromatic carbocycles. The van der Waals surface area contributed by atoms with Crippen LogP contribution < -0.4 is 0 Å². The van der Waals surface area contributed by atoms with Crippen molar-refractivity contribution in [3.8, 4) is 67.7 Å². The highest BCUT2D eigenvalue weighted by Crippen LogP contribution is 2.49. The second kappa shape index (κ2) is 14.3. The van der Waals surface area contributed by atoms with Crippen molar-refractivity contribution in [1.29, 1.82) is 0 Å². The molecule has 0 radical (unpaired) electrons. The standard InChI is InChI=1S/C60H39N5/c1-60(2)52-27-15-14-24-47(52)51-34-38(28-29-53(51)60)58-63-57(36-16-4-3-5-17-36)64-59(65-58)41-31-39(50-33-37-18-6-7-19-42(37)43-20-8-9-23-46(43)50)30-40(32-41)54-35-61-55-48-25-12-10-21-44(48)45-22-11-13-26-49(45)56(55)62-54/h3-35H,1-2H3. The zero-order valence-electron chi connectivity index (χ0n) is 35.8. The van der Waals surface area contributed by atoms with Crippen molar-refractivity contribution in [1.82, 2.24) is 24.9 Å². The van der Waals surface area contributed by atoms with Crippen molar-refractivity contribution in [2.75, 3.05) is 0 Å². The van der Waals surface area contributed by atoms with Gasteiger partial charge >= 0.3 is 0 Å². The van der Waals surface area contributed by atoms with Gasteiger partial charge in [0.1, 0.15) is 0 Å². The minimum atomic E-state index is -0.112. The van der Waals surface area contributed by atoms with Crippen LogP contribution in [0.1, 0.15) is 25.0 Å². The molecule has 0 fully saturated rings. The van der Waals surface area contributed by atoms with Crippen molar-refractivity contribution in [2.24, 2.45) is 0 Å². The Hall–Kier alpha value is -8.41. The SMILES string of the molecule is CC1(C)c2ccccc2-c2cc(-c3nc(-c4ccccc4)nc(-c4cc(-c5cnc6c7ccccc7c7ccccc7c6n5)cc(-c5cc6ccccc6c6ccccc56)c4)n3)ccc21. The van der Waals surface area contributed by atoms with Crippen LogP contribution in [0.3, 0.4) is 0 Å². The fraction of sp³-hybridized carbons (Fsp3) is 0.0500. The molecule has 12 aromatic rings. The Morgan fingerprint density at radius 3 is 1.62 bits per heavy atom. The summed E-state index contributed by atoms with van der Waals surface area (Å²) in [5.41, 5.74) is 13.3. The van der Waals surface area contributed by atoms with E-state index in [0.717, 1.165) is 66.3 Å². The number of fused-ring (bicyclic) bond motifs is 12. The summed E-state index contributed by atoms with van der Waals surface area (Å²) in [5.74, 6) is 1.80. The molecule has 13 rings (SSSR count). The maximum absolute atomic E-state index is 5.48. The van der Waals surface area contributed by atoms with Crippen LogP contribution in [0.25, 0.3) is 122 Å². The fourth-order valence-corrected chi connectivity index (χ4v) is 10.3. The van der Waals surface area contributed by atoms with Crippen LogP contribution in [-0.4, -0.2) is 24.9 Å². The quantitative estimate of drug-likeness (QED) is 0.162. The molecular weight excluding hydrogens is 791 g/mol. The number of hydrogen-bond acceptors (Lipinski definition) is 5. The zero-order chi connectivity index (χ0) is 43.2. The summed E-state index contributed by atoms with van der Waals surface area (Å²) >= 11 is 0. The Labute approximate surface area is 375 Å². The lowest BCUT2D eigenvalue weighted by Crippen LogP contribution is -2.14.